The van der Waals surface area contributed by atoms with Crippen molar-refractivity contribution in [2.45, 2.75) is 68.3 Å². The maximum Gasteiger partial charge on any atom is 0.147 e. The average molecular weight is 381 g/mol. The summed E-state index contributed by atoms with van der Waals surface area (Å²) in [5.74, 6) is 2.10. The Kier molecular flexibility index (Phi) is 4.31. The van der Waals surface area contributed by atoms with E-state index in [1.807, 2.05) is 0 Å². The summed E-state index contributed by atoms with van der Waals surface area (Å²) < 4.78 is 29.1. The Hall–Kier alpha value is -0.280. The molecule has 2 aliphatic carbocycles. The molecule has 1 N–H and O–H groups in total. The molecule has 6 aliphatic rings. The predicted octanol–water partition coefficient (Wildman–Crippen LogP) is 0.596. The first-order valence-corrected chi connectivity index (χ1v) is 10.7. The topological polar surface area (TPSA) is 69.6 Å². The molecule has 11 unspecified atom stereocenters. The van der Waals surface area contributed by atoms with E-state index in [4.69, 9.17) is 23.7 Å². The van der Waals surface area contributed by atoms with E-state index in [0.717, 1.165) is 38.3 Å². The van der Waals surface area contributed by atoms with Crippen LogP contribution >= 0.6 is 0 Å². The molecule has 7 heteroatoms. The van der Waals surface area contributed by atoms with Gasteiger partial charge in [-0.25, -0.2) is 0 Å². The van der Waals surface area contributed by atoms with Crippen LogP contribution in [0.25, 0.3) is 0 Å². The molecule has 27 heavy (non-hydrogen) atoms. The van der Waals surface area contributed by atoms with Gasteiger partial charge in [-0.2, -0.15) is 0 Å². The van der Waals surface area contributed by atoms with E-state index >= 15 is 0 Å². The van der Waals surface area contributed by atoms with E-state index in [1.54, 1.807) is 7.11 Å². The zero-order chi connectivity index (χ0) is 18.1. The lowest BCUT2D eigenvalue weighted by atomic mass is 9.61. The first-order chi connectivity index (χ1) is 13.2. The van der Waals surface area contributed by atoms with Gasteiger partial charge in [0.25, 0.3) is 0 Å². The van der Waals surface area contributed by atoms with Crippen LogP contribution < -0.4 is 0 Å². The molecule has 0 aromatic carbocycles. The molecule has 0 spiro atoms. The number of nitrogens with zero attached hydrogens (tertiary/aromatic N) is 1. The SMILES string of the molecule is COC1C(O)C2OCOC2C2CN3CCC4CC5OCOC5CC4C3CC21. The number of hydrogen-bond acceptors (Lipinski definition) is 7. The first-order valence-electron chi connectivity index (χ1n) is 10.7. The van der Waals surface area contributed by atoms with Crippen molar-refractivity contribution >= 4 is 0 Å². The molecule has 4 heterocycles. The van der Waals surface area contributed by atoms with Crippen molar-refractivity contribution in [3.63, 3.8) is 0 Å². The fourth-order valence-corrected chi connectivity index (χ4v) is 7.31. The van der Waals surface area contributed by atoms with Crippen molar-refractivity contribution in [3.05, 3.63) is 0 Å². The van der Waals surface area contributed by atoms with Crippen LogP contribution in [0.5, 0.6) is 0 Å². The van der Waals surface area contributed by atoms with Crippen molar-refractivity contribution in [2.24, 2.45) is 23.7 Å². The van der Waals surface area contributed by atoms with Gasteiger partial charge in [-0.05, 0) is 50.0 Å². The number of ether oxygens (including phenoxy) is 5. The van der Waals surface area contributed by atoms with Crippen LogP contribution in [0, 0.1) is 23.7 Å². The van der Waals surface area contributed by atoms with Gasteiger partial charge in [0, 0.05) is 25.6 Å². The Morgan fingerprint density at radius 2 is 1.67 bits per heavy atom. The minimum Gasteiger partial charge on any atom is -0.388 e. The molecule has 0 aromatic heterocycles. The lowest BCUT2D eigenvalue weighted by Crippen LogP contribution is -2.66. The summed E-state index contributed by atoms with van der Waals surface area (Å²) in [6.45, 7) is 2.94. The van der Waals surface area contributed by atoms with Crippen LogP contribution in [-0.2, 0) is 23.7 Å². The van der Waals surface area contributed by atoms with Gasteiger partial charge in [-0.1, -0.05) is 0 Å². The molecule has 7 nitrogen and oxygen atoms in total. The third-order valence-corrected chi connectivity index (χ3v) is 8.52. The van der Waals surface area contributed by atoms with Gasteiger partial charge >= 0.3 is 0 Å². The monoisotopic (exact) mass is 381 g/mol. The second-order valence-corrected chi connectivity index (χ2v) is 9.41. The van der Waals surface area contributed by atoms with E-state index < -0.39 is 6.10 Å². The summed E-state index contributed by atoms with van der Waals surface area (Å²) in [4.78, 5) is 2.70. The standard InChI is InChI=1S/C20H31NO6/c1-23-18-12-5-14-11-6-16-15(24-8-25-16)4-10(11)2-3-21(14)7-13(12)19-20(17(18)22)27-9-26-19/h10-20,22H,2-9H2,1H3. The van der Waals surface area contributed by atoms with Crippen molar-refractivity contribution in [2.75, 3.05) is 33.8 Å². The third-order valence-electron chi connectivity index (χ3n) is 8.52. The molecule has 4 aliphatic heterocycles. The molecule has 0 aromatic rings. The van der Waals surface area contributed by atoms with Crippen LogP contribution in [0.4, 0.5) is 0 Å². The third kappa shape index (κ3) is 2.59. The molecule has 6 rings (SSSR count). The molecule has 152 valence electrons. The summed E-state index contributed by atoms with van der Waals surface area (Å²) in [5, 5.41) is 10.8. The van der Waals surface area contributed by atoms with Crippen molar-refractivity contribution in [1.82, 2.24) is 4.90 Å². The Morgan fingerprint density at radius 3 is 2.52 bits per heavy atom. The number of piperidine rings is 2. The predicted molar refractivity (Wildman–Crippen MR) is 93.8 cm³/mol. The van der Waals surface area contributed by atoms with Gasteiger partial charge in [-0.3, -0.25) is 4.90 Å². The van der Waals surface area contributed by atoms with E-state index in [1.165, 1.54) is 6.42 Å². The molecular formula is C20H31NO6. The minimum atomic E-state index is -0.600. The summed E-state index contributed by atoms with van der Waals surface area (Å²) in [6, 6.07) is 0.555. The summed E-state index contributed by atoms with van der Waals surface area (Å²) in [5.41, 5.74) is 0. The fourth-order valence-electron chi connectivity index (χ4n) is 7.31. The number of rotatable bonds is 1. The van der Waals surface area contributed by atoms with Crippen LogP contribution in [0.15, 0.2) is 0 Å². The van der Waals surface area contributed by atoms with E-state index in [0.29, 0.717) is 43.5 Å². The summed E-state index contributed by atoms with van der Waals surface area (Å²) in [6.07, 6.45) is 4.16. The number of fused-ring (bicyclic) bond motifs is 7. The van der Waals surface area contributed by atoms with Gasteiger partial charge in [0.15, 0.2) is 0 Å². The first kappa shape index (κ1) is 17.6. The second-order valence-electron chi connectivity index (χ2n) is 9.41. The molecule has 0 amide bonds. The quantitative estimate of drug-likeness (QED) is 0.713. The maximum absolute atomic E-state index is 10.8. The highest BCUT2D eigenvalue weighted by molar-refractivity contribution is 5.09. The van der Waals surface area contributed by atoms with Crippen LogP contribution in [0.3, 0.4) is 0 Å². The Balaban J connectivity index is 1.27. The van der Waals surface area contributed by atoms with E-state index in [9.17, 15) is 5.11 Å². The molecular weight excluding hydrogens is 350 g/mol. The highest BCUT2D eigenvalue weighted by Crippen LogP contribution is 2.51. The minimum absolute atomic E-state index is 0.00243. The summed E-state index contributed by atoms with van der Waals surface area (Å²) in [7, 11) is 1.73. The normalized spacial score (nSPS) is 57.3. The highest BCUT2D eigenvalue weighted by atomic mass is 16.7. The maximum atomic E-state index is 10.8. The molecule has 11 atom stereocenters. The number of methoxy groups -OCH3 is 1. The average Bonchev–Trinajstić information content (AvgIpc) is 3.35. The van der Waals surface area contributed by atoms with Gasteiger partial charge in [0.05, 0.1) is 24.4 Å². The molecule has 2 saturated carbocycles. The number of aliphatic hydroxyl groups excluding tert-OH is 1. The van der Waals surface area contributed by atoms with Crippen LogP contribution in [0.2, 0.25) is 0 Å². The van der Waals surface area contributed by atoms with Crippen LogP contribution in [0.1, 0.15) is 25.7 Å². The lowest BCUT2D eigenvalue weighted by molar-refractivity contribution is -0.187. The van der Waals surface area contributed by atoms with Crippen LogP contribution in [-0.4, -0.2) is 86.5 Å². The van der Waals surface area contributed by atoms with Gasteiger partial charge in [-0.15, -0.1) is 0 Å². The Morgan fingerprint density at radius 1 is 0.889 bits per heavy atom. The zero-order valence-electron chi connectivity index (χ0n) is 15.9. The Bertz CT molecular complexity index is 577. The Labute approximate surface area is 160 Å². The molecule has 6 fully saturated rings. The highest BCUT2D eigenvalue weighted by Gasteiger charge is 2.59. The molecule has 4 saturated heterocycles. The van der Waals surface area contributed by atoms with Crippen molar-refractivity contribution in [1.29, 1.82) is 0 Å². The smallest absolute Gasteiger partial charge is 0.147 e. The lowest BCUT2D eigenvalue weighted by Gasteiger charge is -2.58. The van der Waals surface area contributed by atoms with Gasteiger partial charge < -0.3 is 28.8 Å². The van der Waals surface area contributed by atoms with Crippen molar-refractivity contribution < 1.29 is 28.8 Å². The number of aliphatic hydroxyl groups is 1. The molecule has 0 radical (unpaired) electrons. The van der Waals surface area contributed by atoms with Gasteiger partial charge in [0.1, 0.15) is 25.8 Å². The zero-order valence-corrected chi connectivity index (χ0v) is 15.9. The van der Waals surface area contributed by atoms with Gasteiger partial charge in [0.2, 0.25) is 0 Å². The molecule has 0 bridgehead atoms. The van der Waals surface area contributed by atoms with E-state index in [2.05, 4.69) is 4.90 Å². The fraction of sp³-hybridized carbons (Fsp3) is 1.00. The second kappa shape index (κ2) is 6.62. The van der Waals surface area contributed by atoms with Crippen molar-refractivity contribution in [3.8, 4) is 0 Å². The largest absolute Gasteiger partial charge is 0.388 e. The summed E-state index contributed by atoms with van der Waals surface area (Å²) >= 11 is 0. The number of hydrogen-bond donors (Lipinski definition) is 1. The van der Waals surface area contributed by atoms with E-state index in [-0.39, 0.29) is 24.4 Å².